The minimum Gasteiger partial charge on any atom is -0.311 e. The van der Waals surface area contributed by atoms with Crippen molar-refractivity contribution in [1.82, 2.24) is 0 Å². The molecule has 0 atom stereocenters. The third-order valence-electron chi connectivity index (χ3n) is 3.29. The number of carbonyl (C=O) groups is 1. The van der Waals surface area contributed by atoms with Crippen molar-refractivity contribution in [3.05, 3.63) is 65.0 Å². The highest BCUT2D eigenvalue weighted by Crippen LogP contribution is 2.27. The van der Waals surface area contributed by atoms with E-state index < -0.39 is 5.82 Å². The zero-order chi connectivity index (χ0) is 13.4. The Balaban J connectivity index is 2.25. The maximum atomic E-state index is 13.3. The molecular weight excluding hydrogens is 241 g/mol. The minimum absolute atomic E-state index is 0.202. The molecule has 3 rings (SSSR count). The van der Waals surface area contributed by atoms with Crippen LogP contribution in [-0.4, -0.2) is 13.0 Å². The Morgan fingerprint density at radius 2 is 1.74 bits per heavy atom. The highest BCUT2D eigenvalue weighted by molar-refractivity contribution is 6.10. The van der Waals surface area contributed by atoms with Crippen LogP contribution in [0, 0.1) is 5.82 Å². The number of halogens is 1. The molecule has 2 nitrogen and oxygen atoms in total. The third kappa shape index (κ3) is 1.93. The molecule has 0 radical (unpaired) electrons. The first kappa shape index (κ1) is 11.7. The van der Waals surface area contributed by atoms with Crippen LogP contribution in [0.1, 0.15) is 21.5 Å². The van der Waals surface area contributed by atoms with Crippen molar-refractivity contribution in [3.8, 4) is 0 Å². The Hall–Kier alpha value is -2.42. The predicted molar refractivity (Wildman–Crippen MR) is 74.5 cm³/mol. The van der Waals surface area contributed by atoms with E-state index in [0.29, 0.717) is 5.56 Å². The van der Waals surface area contributed by atoms with Crippen molar-refractivity contribution in [3.63, 3.8) is 0 Å². The van der Waals surface area contributed by atoms with Crippen molar-refractivity contribution >= 4 is 23.7 Å². The largest absolute Gasteiger partial charge is 0.311 e. The predicted octanol–water partition coefficient (Wildman–Crippen LogP) is 3.59. The highest BCUT2D eigenvalue weighted by Gasteiger charge is 2.20. The van der Waals surface area contributed by atoms with Gasteiger partial charge in [-0.25, -0.2) is 4.39 Å². The lowest BCUT2D eigenvalue weighted by Gasteiger charge is -2.22. The van der Waals surface area contributed by atoms with Crippen LogP contribution in [-0.2, 0) is 0 Å². The quantitative estimate of drug-likeness (QED) is 0.702. The van der Waals surface area contributed by atoms with Crippen molar-refractivity contribution in [2.45, 2.75) is 0 Å². The van der Waals surface area contributed by atoms with Crippen LogP contribution in [0.15, 0.2) is 42.5 Å². The number of anilines is 1. The first-order valence-electron chi connectivity index (χ1n) is 6.01. The number of benzene rings is 2. The van der Waals surface area contributed by atoms with Gasteiger partial charge in [-0.1, -0.05) is 36.4 Å². The number of amides is 1. The number of nitrogens with zero attached hydrogens (tertiary/aromatic N) is 1. The highest BCUT2D eigenvalue weighted by atomic mass is 19.1. The number of rotatable bonds is 0. The lowest BCUT2D eigenvalue weighted by Crippen LogP contribution is -2.28. The molecule has 0 spiro atoms. The van der Waals surface area contributed by atoms with Crippen LogP contribution >= 0.6 is 0 Å². The summed E-state index contributed by atoms with van der Waals surface area (Å²) in [7, 11) is 1.70. The Labute approximate surface area is 110 Å². The lowest BCUT2D eigenvalue weighted by molar-refractivity contribution is 0.0992. The summed E-state index contributed by atoms with van der Waals surface area (Å²) in [5.74, 6) is -0.603. The molecule has 0 aromatic heterocycles. The molecular formula is C16H12FNO. The molecule has 0 aliphatic carbocycles. The Kier molecular flexibility index (Phi) is 2.67. The molecule has 0 bridgehead atoms. The van der Waals surface area contributed by atoms with E-state index in [1.165, 1.54) is 12.1 Å². The van der Waals surface area contributed by atoms with E-state index in [1.54, 1.807) is 18.0 Å². The SMILES string of the molecule is CN1C(=O)c2cc(F)ccc2C=Cc2ccccc21. The summed E-state index contributed by atoms with van der Waals surface area (Å²) >= 11 is 0. The van der Waals surface area contributed by atoms with Gasteiger partial charge in [0.05, 0.1) is 11.3 Å². The molecule has 1 aliphatic heterocycles. The van der Waals surface area contributed by atoms with Crippen LogP contribution in [0.2, 0.25) is 0 Å². The van der Waals surface area contributed by atoms with E-state index in [-0.39, 0.29) is 5.91 Å². The monoisotopic (exact) mass is 253 g/mol. The van der Waals surface area contributed by atoms with Gasteiger partial charge in [-0.2, -0.15) is 0 Å². The second-order valence-corrected chi connectivity index (χ2v) is 4.49. The summed E-state index contributed by atoms with van der Waals surface area (Å²) < 4.78 is 13.3. The molecule has 2 aromatic rings. The summed E-state index contributed by atoms with van der Waals surface area (Å²) in [6.45, 7) is 0. The molecule has 2 aromatic carbocycles. The van der Waals surface area contributed by atoms with Crippen LogP contribution in [0.5, 0.6) is 0 Å². The van der Waals surface area contributed by atoms with Gasteiger partial charge in [0.15, 0.2) is 0 Å². The number of carbonyl (C=O) groups excluding carboxylic acids is 1. The van der Waals surface area contributed by atoms with Gasteiger partial charge in [0.1, 0.15) is 5.82 Å². The average Bonchev–Trinajstić information content (AvgIpc) is 2.43. The topological polar surface area (TPSA) is 20.3 Å². The molecule has 0 saturated carbocycles. The summed E-state index contributed by atoms with van der Waals surface area (Å²) in [4.78, 5) is 14.0. The zero-order valence-corrected chi connectivity index (χ0v) is 10.4. The van der Waals surface area contributed by atoms with E-state index >= 15 is 0 Å². The first-order chi connectivity index (χ1) is 9.16. The zero-order valence-electron chi connectivity index (χ0n) is 10.4. The molecule has 1 amide bonds. The molecule has 3 heteroatoms. The number of fused-ring (bicyclic) bond motifs is 2. The second-order valence-electron chi connectivity index (χ2n) is 4.49. The van der Waals surface area contributed by atoms with E-state index in [9.17, 15) is 9.18 Å². The van der Waals surface area contributed by atoms with Crippen LogP contribution in [0.25, 0.3) is 12.2 Å². The van der Waals surface area contributed by atoms with E-state index in [1.807, 2.05) is 36.4 Å². The van der Waals surface area contributed by atoms with Crippen LogP contribution in [0.4, 0.5) is 10.1 Å². The van der Waals surface area contributed by atoms with E-state index in [4.69, 9.17) is 0 Å². The smallest absolute Gasteiger partial charge is 0.258 e. The fraction of sp³-hybridized carbons (Fsp3) is 0.0625. The molecule has 1 aliphatic rings. The van der Waals surface area contributed by atoms with Crippen LogP contribution in [0.3, 0.4) is 0 Å². The van der Waals surface area contributed by atoms with Gasteiger partial charge in [0, 0.05) is 7.05 Å². The normalized spacial score (nSPS) is 13.6. The van der Waals surface area contributed by atoms with E-state index in [2.05, 4.69) is 0 Å². The maximum absolute atomic E-state index is 13.3. The summed E-state index contributed by atoms with van der Waals surface area (Å²) in [6, 6.07) is 11.9. The van der Waals surface area contributed by atoms with Gasteiger partial charge >= 0.3 is 0 Å². The fourth-order valence-corrected chi connectivity index (χ4v) is 2.26. The van der Waals surface area contributed by atoms with Gasteiger partial charge in [-0.15, -0.1) is 0 Å². The molecule has 0 N–H and O–H groups in total. The summed E-state index contributed by atoms with van der Waals surface area (Å²) in [6.07, 6.45) is 3.79. The van der Waals surface area contributed by atoms with Gasteiger partial charge < -0.3 is 4.90 Å². The summed E-state index contributed by atoms with van der Waals surface area (Å²) in [5, 5.41) is 0. The molecule has 94 valence electrons. The van der Waals surface area contributed by atoms with Crippen molar-refractivity contribution in [2.24, 2.45) is 0 Å². The van der Waals surface area contributed by atoms with Gasteiger partial charge in [0.25, 0.3) is 5.91 Å². The van der Waals surface area contributed by atoms with Gasteiger partial charge in [0.2, 0.25) is 0 Å². The molecule has 19 heavy (non-hydrogen) atoms. The lowest BCUT2D eigenvalue weighted by atomic mass is 10.0. The number of hydrogen-bond donors (Lipinski definition) is 0. The third-order valence-corrected chi connectivity index (χ3v) is 3.29. The van der Waals surface area contributed by atoms with E-state index in [0.717, 1.165) is 16.8 Å². The standard InChI is InChI=1S/C16H12FNO/c1-18-15-5-3-2-4-12(15)7-6-11-8-9-13(17)10-14(11)16(18)19/h2-10H,1H3. The number of para-hydroxylation sites is 1. The van der Waals surface area contributed by atoms with Gasteiger partial charge in [-0.3, -0.25) is 4.79 Å². The number of hydrogen-bond acceptors (Lipinski definition) is 1. The fourth-order valence-electron chi connectivity index (χ4n) is 2.26. The first-order valence-corrected chi connectivity index (χ1v) is 6.01. The molecule has 0 fully saturated rings. The Morgan fingerprint density at radius 1 is 1.00 bits per heavy atom. The molecule has 0 saturated heterocycles. The Bertz CT molecular complexity index is 691. The van der Waals surface area contributed by atoms with Crippen LogP contribution < -0.4 is 4.90 Å². The Morgan fingerprint density at radius 3 is 2.58 bits per heavy atom. The summed E-state index contributed by atoms with van der Waals surface area (Å²) in [5.41, 5.74) is 2.90. The van der Waals surface area contributed by atoms with Crippen molar-refractivity contribution < 1.29 is 9.18 Å². The average molecular weight is 253 g/mol. The van der Waals surface area contributed by atoms with Gasteiger partial charge in [-0.05, 0) is 29.3 Å². The second kappa shape index (κ2) is 4.35. The molecule has 0 unspecified atom stereocenters. The molecule has 1 heterocycles. The minimum atomic E-state index is -0.400. The van der Waals surface area contributed by atoms with Crippen molar-refractivity contribution in [2.75, 3.05) is 11.9 Å². The maximum Gasteiger partial charge on any atom is 0.258 e. The van der Waals surface area contributed by atoms with Crippen molar-refractivity contribution in [1.29, 1.82) is 0 Å².